The molecule has 0 radical (unpaired) electrons. The van der Waals surface area contributed by atoms with Crippen molar-refractivity contribution in [2.75, 3.05) is 13.1 Å². The second-order valence-electron chi connectivity index (χ2n) is 10.6. The maximum absolute atomic E-state index is 14.3. The van der Waals surface area contributed by atoms with E-state index in [1.54, 1.807) is 4.90 Å². The van der Waals surface area contributed by atoms with Gasteiger partial charge < -0.3 is 20.9 Å². The maximum Gasteiger partial charge on any atom is 0.264 e. The van der Waals surface area contributed by atoms with Crippen molar-refractivity contribution in [1.82, 2.24) is 15.1 Å². The predicted molar refractivity (Wildman–Crippen MR) is 150 cm³/mol. The molecular formula is C32H35FN4O3. The molecule has 5 rings (SSSR count). The van der Waals surface area contributed by atoms with Crippen LogP contribution in [-0.4, -0.2) is 46.8 Å². The van der Waals surface area contributed by atoms with Crippen molar-refractivity contribution in [2.24, 2.45) is 11.7 Å². The summed E-state index contributed by atoms with van der Waals surface area (Å²) in [6.45, 7) is 0.993. The molecule has 2 atom stereocenters. The first-order chi connectivity index (χ1) is 19.5. The molecule has 3 amide bonds. The smallest absolute Gasteiger partial charge is 0.264 e. The van der Waals surface area contributed by atoms with Crippen LogP contribution in [0.2, 0.25) is 0 Å². The molecule has 208 valence electrons. The van der Waals surface area contributed by atoms with Gasteiger partial charge in [0.15, 0.2) is 6.17 Å². The molecule has 8 heteroatoms. The average Bonchev–Trinajstić information content (AvgIpc) is 3.67. The minimum absolute atomic E-state index is 0.137. The largest absolute Gasteiger partial charge is 0.349 e. The molecule has 1 saturated heterocycles. The van der Waals surface area contributed by atoms with Gasteiger partial charge in [-0.25, -0.2) is 4.39 Å². The number of carbonyl (C=O) groups excluding carboxylic acids is 3. The van der Waals surface area contributed by atoms with Crippen LogP contribution in [0.15, 0.2) is 78.9 Å². The van der Waals surface area contributed by atoms with E-state index in [2.05, 4.69) is 5.32 Å². The predicted octanol–water partition coefficient (Wildman–Crippen LogP) is 4.19. The molecule has 7 nitrogen and oxygen atoms in total. The minimum atomic E-state index is -1.14. The van der Waals surface area contributed by atoms with Crippen molar-refractivity contribution in [2.45, 2.75) is 50.9 Å². The summed E-state index contributed by atoms with van der Waals surface area (Å²) in [6, 6.07) is 22.7. The lowest BCUT2D eigenvalue weighted by Crippen LogP contribution is -2.54. The molecule has 2 unspecified atom stereocenters. The fourth-order valence-electron chi connectivity index (χ4n) is 6.04. The number of hydrogen-bond acceptors (Lipinski definition) is 4. The van der Waals surface area contributed by atoms with Crippen LogP contribution in [0.25, 0.3) is 0 Å². The van der Waals surface area contributed by atoms with Gasteiger partial charge in [0.05, 0.1) is 5.92 Å². The van der Waals surface area contributed by atoms with E-state index < -0.39 is 29.7 Å². The molecule has 1 aliphatic carbocycles. The molecule has 0 spiro atoms. The monoisotopic (exact) mass is 542 g/mol. The third kappa shape index (κ3) is 5.92. The fourth-order valence-corrected chi connectivity index (χ4v) is 6.04. The summed E-state index contributed by atoms with van der Waals surface area (Å²) in [5.74, 6) is -1.86. The lowest BCUT2D eigenvalue weighted by atomic mass is 9.83. The average molecular weight is 543 g/mol. The zero-order valence-corrected chi connectivity index (χ0v) is 22.5. The van der Waals surface area contributed by atoms with E-state index in [1.165, 1.54) is 23.1 Å². The molecule has 40 heavy (non-hydrogen) atoms. The van der Waals surface area contributed by atoms with Crippen LogP contribution in [0.4, 0.5) is 4.39 Å². The molecule has 0 aromatic heterocycles. The van der Waals surface area contributed by atoms with Gasteiger partial charge in [-0.3, -0.25) is 14.4 Å². The number of halogens is 1. The quantitative estimate of drug-likeness (QED) is 0.446. The number of rotatable bonds is 8. The van der Waals surface area contributed by atoms with Crippen LogP contribution in [0.3, 0.4) is 0 Å². The summed E-state index contributed by atoms with van der Waals surface area (Å²) in [6.07, 6.45) is 2.88. The van der Waals surface area contributed by atoms with E-state index in [-0.39, 0.29) is 37.0 Å². The van der Waals surface area contributed by atoms with Crippen molar-refractivity contribution >= 4 is 17.7 Å². The molecule has 2 aliphatic rings. The van der Waals surface area contributed by atoms with Crippen LogP contribution >= 0.6 is 0 Å². The van der Waals surface area contributed by atoms with Crippen LogP contribution in [0.1, 0.15) is 58.6 Å². The molecular weight excluding hydrogens is 507 g/mol. The molecule has 2 fully saturated rings. The summed E-state index contributed by atoms with van der Waals surface area (Å²) in [4.78, 5) is 44.6. The second kappa shape index (κ2) is 12.4. The van der Waals surface area contributed by atoms with Gasteiger partial charge in [0.2, 0.25) is 5.91 Å². The Morgan fingerprint density at radius 2 is 1.57 bits per heavy atom. The van der Waals surface area contributed by atoms with Crippen LogP contribution in [-0.2, 0) is 22.7 Å². The van der Waals surface area contributed by atoms with Gasteiger partial charge in [0.1, 0.15) is 5.82 Å². The van der Waals surface area contributed by atoms with Crippen molar-refractivity contribution < 1.29 is 18.8 Å². The highest BCUT2D eigenvalue weighted by Crippen LogP contribution is 2.39. The van der Waals surface area contributed by atoms with Crippen LogP contribution in [0, 0.1) is 11.7 Å². The molecule has 1 heterocycles. The highest BCUT2D eigenvalue weighted by atomic mass is 19.1. The summed E-state index contributed by atoms with van der Waals surface area (Å²) in [7, 11) is 0. The Labute approximate surface area is 234 Å². The number of nitrogens with zero attached hydrogens (tertiary/aromatic N) is 2. The van der Waals surface area contributed by atoms with E-state index in [9.17, 15) is 18.8 Å². The third-order valence-corrected chi connectivity index (χ3v) is 8.01. The first-order valence-electron chi connectivity index (χ1n) is 13.9. The first kappa shape index (κ1) is 27.5. The van der Waals surface area contributed by atoms with Gasteiger partial charge in [-0.1, -0.05) is 73.5 Å². The van der Waals surface area contributed by atoms with Gasteiger partial charge >= 0.3 is 0 Å². The Balaban J connectivity index is 1.45. The number of amides is 3. The number of carbonyl (C=O) groups is 3. The van der Waals surface area contributed by atoms with Gasteiger partial charge in [-0.15, -0.1) is 0 Å². The number of benzene rings is 3. The topological polar surface area (TPSA) is 95.7 Å². The Morgan fingerprint density at radius 1 is 0.875 bits per heavy atom. The number of hydrogen-bond donors (Lipinski definition) is 2. The molecule has 3 aromatic rings. The van der Waals surface area contributed by atoms with E-state index >= 15 is 0 Å². The summed E-state index contributed by atoms with van der Waals surface area (Å²) >= 11 is 0. The molecule has 1 aliphatic heterocycles. The first-order valence-corrected chi connectivity index (χ1v) is 13.9. The standard InChI is InChI=1S/C32H35FN4O3/c33-27-15-7-14-26(19-27)31(39)36-16-17-37(30(36)29(38)35-21-23-9-6-8-22(18-23)20-34)32(40)28(25-12-4-5-13-25)24-10-2-1-3-11-24/h1-3,6-11,14-15,18-19,25,28,30H,4-5,12-13,16-17,20-21,34H2,(H,35,38). The Morgan fingerprint density at radius 3 is 2.30 bits per heavy atom. The highest BCUT2D eigenvalue weighted by molar-refractivity contribution is 6.00. The van der Waals surface area contributed by atoms with E-state index in [0.717, 1.165) is 48.4 Å². The zero-order chi connectivity index (χ0) is 28.1. The Kier molecular flexibility index (Phi) is 8.55. The van der Waals surface area contributed by atoms with Crippen molar-refractivity contribution in [3.8, 4) is 0 Å². The lowest BCUT2D eigenvalue weighted by Gasteiger charge is -2.33. The maximum atomic E-state index is 14.3. The molecule has 3 aromatic carbocycles. The van der Waals surface area contributed by atoms with E-state index in [4.69, 9.17) is 5.73 Å². The summed E-state index contributed by atoms with van der Waals surface area (Å²) < 4.78 is 14.0. The van der Waals surface area contributed by atoms with E-state index in [1.807, 2.05) is 54.6 Å². The third-order valence-electron chi connectivity index (χ3n) is 8.01. The lowest BCUT2D eigenvalue weighted by molar-refractivity contribution is -0.143. The second-order valence-corrected chi connectivity index (χ2v) is 10.6. The van der Waals surface area contributed by atoms with Crippen molar-refractivity contribution in [3.63, 3.8) is 0 Å². The van der Waals surface area contributed by atoms with Gasteiger partial charge in [0.25, 0.3) is 11.8 Å². The van der Waals surface area contributed by atoms with Gasteiger partial charge in [-0.2, -0.15) is 0 Å². The van der Waals surface area contributed by atoms with Gasteiger partial charge in [-0.05, 0) is 53.6 Å². The summed E-state index contributed by atoms with van der Waals surface area (Å²) in [5, 5.41) is 2.93. The number of nitrogens with two attached hydrogens (primary N) is 1. The normalized spacial score (nSPS) is 18.1. The molecule has 1 saturated carbocycles. The summed E-state index contributed by atoms with van der Waals surface area (Å²) in [5.41, 5.74) is 8.63. The fraction of sp³-hybridized carbons (Fsp3) is 0.344. The van der Waals surface area contributed by atoms with Gasteiger partial charge in [0, 0.05) is 31.7 Å². The Bertz CT molecular complexity index is 1360. The SMILES string of the molecule is NCc1cccc(CNC(=O)C2N(C(=O)c3cccc(F)c3)CCN2C(=O)C(c2ccccc2)C2CCCC2)c1. The highest BCUT2D eigenvalue weighted by Gasteiger charge is 2.46. The van der Waals surface area contributed by atoms with Crippen LogP contribution in [0.5, 0.6) is 0 Å². The Hall–Kier alpha value is -4.04. The molecule has 3 N–H and O–H groups in total. The zero-order valence-electron chi connectivity index (χ0n) is 22.5. The minimum Gasteiger partial charge on any atom is -0.349 e. The van der Waals surface area contributed by atoms with Crippen LogP contribution < -0.4 is 11.1 Å². The molecule has 0 bridgehead atoms. The number of nitrogens with one attached hydrogen (secondary N) is 1. The van der Waals surface area contributed by atoms with E-state index in [0.29, 0.717) is 6.54 Å². The van der Waals surface area contributed by atoms with Crippen molar-refractivity contribution in [1.29, 1.82) is 0 Å². The van der Waals surface area contributed by atoms with Crippen molar-refractivity contribution in [3.05, 3.63) is 107 Å².